The normalized spacial score (nSPS) is 18.8. The van der Waals surface area contributed by atoms with Gasteiger partial charge in [0.05, 0.1) is 24.4 Å². The molecule has 1 aromatic carbocycles. The number of rotatable bonds is 7. The van der Waals surface area contributed by atoms with E-state index in [0.717, 1.165) is 37.3 Å². The molecule has 1 atom stereocenters. The summed E-state index contributed by atoms with van der Waals surface area (Å²) in [5.74, 6) is 1.33. The average molecular weight is 451 g/mol. The Morgan fingerprint density at radius 1 is 1.30 bits per heavy atom. The molecule has 0 amide bonds. The molecule has 8 nitrogen and oxygen atoms in total. The molecule has 2 heterocycles. The summed E-state index contributed by atoms with van der Waals surface area (Å²) < 4.78 is 6.08. The van der Waals surface area contributed by atoms with Crippen molar-refractivity contribution in [3.8, 4) is 0 Å². The molecular formula is C25H30N4O4. The molecule has 0 radical (unpaired) electrons. The number of carboxylic acids is 1. The molecule has 2 aromatic rings. The highest BCUT2D eigenvalue weighted by atomic mass is 16.5. The fourth-order valence-electron chi connectivity index (χ4n) is 3.98. The summed E-state index contributed by atoms with van der Waals surface area (Å²) in [7, 11) is 0. The molecule has 33 heavy (non-hydrogen) atoms. The zero-order valence-corrected chi connectivity index (χ0v) is 19.0. The Morgan fingerprint density at radius 3 is 2.94 bits per heavy atom. The number of anilines is 3. The van der Waals surface area contributed by atoms with Crippen molar-refractivity contribution in [3.63, 3.8) is 0 Å². The van der Waals surface area contributed by atoms with Crippen molar-refractivity contribution in [2.45, 2.75) is 51.0 Å². The summed E-state index contributed by atoms with van der Waals surface area (Å²) in [4.78, 5) is 22.8. The minimum atomic E-state index is -0.995. The van der Waals surface area contributed by atoms with E-state index in [9.17, 15) is 15.0 Å². The largest absolute Gasteiger partial charge is 0.508 e. The molecule has 0 spiro atoms. The Morgan fingerprint density at radius 2 is 2.15 bits per heavy atom. The van der Waals surface area contributed by atoms with Gasteiger partial charge >= 0.3 is 5.97 Å². The van der Waals surface area contributed by atoms with Gasteiger partial charge in [0.15, 0.2) is 11.6 Å². The predicted octanol–water partition coefficient (Wildman–Crippen LogP) is 4.69. The summed E-state index contributed by atoms with van der Waals surface area (Å²) in [5, 5.41) is 22.8. The van der Waals surface area contributed by atoms with Gasteiger partial charge in [-0.1, -0.05) is 18.2 Å². The lowest BCUT2D eigenvalue weighted by Gasteiger charge is -2.34. The molecule has 1 aliphatic heterocycles. The van der Waals surface area contributed by atoms with Gasteiger partial charge in [0.2, 0.25) is 0 Å². The molecule has 0 bridgehead atoms. The van der Waals surface area contributed by atoms with Crippen molar-refractivity contribution in [2.24, 2.45) is 0 Å². The highest BCUT2D eigenvalue weighted by Gasteiger charge is 2.29. The second kappa shape index (κ2) is 9.52. The number of aromatic nitrogens is 2. The lowest BCUT2D eigenvalue weighted by atomic mass is 9.84. The highest BCUT2D eigenvalue weighted by molar-refractivity contribution is 5.80. The lowest BCUT2D eigenvalue weighted by Crippen LogP contribution is -2.40. The van der Waals surface area contributed by atoms with Crippen molar-refractivity contribution in [2.75, 3.05) is 23.3 Å². The van der Waals surface area contributed by atoms with Crippen molar-refractivity contribution in [1.82, 2.24) is 9.97 Å². The Labute approximate surface area is 193 Å². The molecule has 0 saturated carbocycles. The number of nitrogens with one attached hydrogen (secondary N) is 1. The fourth-order valence-corrected chi connectivity index (χ4v) is 3.98. The summed E-state index contributed by atoms with van der Waals surface area (Å²) in [6.07, 6.45) is 10.5. The van der Waals surface area contributed by atoms with Crippen LogP contribution in [-0.2, 0) is 14.9 Å². The van der Waals surface area contributed by atoms with Gasteiger partial charge in [-0.15, -0.1) is 0 Å². The topological polar surface area (TPSA) is 108 Å². The summed E-state index contributed by atoms with van der Waals surface area (Å²) >= 11 is 0. The minimum absolute atomic E-state index is 0.0352. The fraction of sp³-hybridized carbons (Fsp3) is 0.400. The lowest BCUT2D eigenvalue weighted by molar-refractivity contribution is -0.142. The number of allylic oxidation sites excluding steroid dienone is 3. The maximum atomic E-state index is 11.6. The smallest absolute Gasteiger partial charge is 0.313 e. The second-order valence-electron chi connectivity index (χ2n) is 8.98. The van der Waals surface area contributed by atoms with Gasteiger partial charge in [0, 0.05) is 18.7 Å². The molecule has 4 rings (SSSR count). The molecule has 174 valence electrons. The molecule has 1 aromatic heterocycles. The number of benzene rings is 1. The van der Waals surface area contributed by atoms with E-state index in [1.165, 1.54) is 0 Å². The third-order valence-corrected chi connectivity index (χ3v) is 6.11. The summed E-state index contributed by atoms with van der Waals surface area (Å²) in [5.41, 5.74) is 0.458. The van der Waals surface area contributed by atoms with Gasteiger partial charge in [0.1, 0.15) is 17.7 Å². The number of hydrogen-bond donors (Lipinski definition) is 3. The minimum Gasteiger partial charge on any atom is -0.508 e. The SMILES string of the molecule is CC(C)(C(=O)O)c1cccc(Nc2cncc(N3CCCC(OC4=C(O)CCC=C4)C3)n2)c1. The number of carboxylic acid groups (broad SMARTS) is 1. The molecule has 1 saturated heterocycles. The first-order valence-electron chi connectivity index (χ1n) is 11.3. The van der Waals surface area contributed by atoms with Crippen LogP contribution in [0.15, 0.2) is 60.3 Å². The van der Waals surface area contributed by atoms with Gasteiger partial charge in [-0.2, -0.15) is 0 Å². The van der Waals surface area contributed by atoms with Gasteiger partial charge < -0.3 is 25.2 Å². The van der Waals surface area contributed by atoms with Crippen LogP contribution in [0.4, 0.5) is 17.3 Å². The molecule has 1 fully saturated rings. The third-order valence-electron chi connectivity index (χ3n) is 6.11. The average Bonchev–Trinajstić information content (AvgIpc) is 2.81. The Balaban J connectivity index is 1.46. The van der Waals surface area contributed by atoms with Crippen LogP contribution in [0.3, 0.4) is 0 Å². The van der Waals surface area contributed by atoms with Crippen molar-refractivity contribution < 1.29 is 19.7 Å². The van der Waals surface area contributed by atoms with Crippen LogP contribution >= 0.6 is 0 Å². The molecule has 3 N–H and O–H groups in total. The van der Waals surface area contributed by atoms with E-state index in [4.69, 9.17) is 9.72 Å². The van der Waals surface area contributed by atoms with Crippen LogP contribution in [0.1, 0.15) is 45.1 Å². The van der Waals surface area contributed by atoms with E-state index in [-0.39, 0.29) is 6.10 Å². The van der Waals surface area contributed by atoms with E-state index in [2.05, 4.69) is 15.2 Å². The van der Waals surface area contributed by atoms with E-state index < -0.39 is 11.4 Å². The maximum Gasteiger partial charge on any atom is 0.313 e. The number of ether oxygens (including phenoxy) is 1. The molecular weight excluding hydrogens is 420 g/mol. The summed E-state index contributed by atoms with van der Waals surface area (Å²) in [6, 6.07) is 7.34. The standard InChI is InChI=1S/C25H30N4O4/c1-25(2,24(31)32)17-7-5-8-18(13-17)27-22-14-26-15-23(28-22)29-12-6-9-19(16-29)33-21-11-4-3-10-20(21)30/h4-5,7-8,11,13-15,19,30H,3,6,9-10,12,16H2,1-2H3,(H,27,28)(H,31,32). The van der Waals surface area contributed by atoms with E-state index in [0.29, 0.717) is 35.9 Å². The van der Waals surface area contributed by atoms with E-state index >= 15 is 0 Å². The predicted molar refractivity (Wildman–Crippen MR) is 127 cm³/mol. The number of aliphatic hydroxyl groups excluding tert-OH is 1. The molecule has 1 aliphatic carbocycles. The Hall–Kier alpha value is -3.55. The number of piperidine rings is 1. The Bertz CT molecular complexity index is 1080. The van der Waals surface area contributed by atoms with E-state index in [1.54, 1.807) is 26.2 Å². The number of nitrogens with zero attached hydrogens (tertiary/aromatic N) is 3. The molecule has 8 heteroatoms. The van der Waals surface area contributed by atoms with Crippen LogP contribution in [0.5, 0.6) is 0 Å². The van der Waals surface area contributed by atoms with Crippen molar-refractivity contribution >= 4 is 23.3 Å². The number of aliphatic carboxylic acids is 1. The molecule has 1 unspecified atom stereocenters. The summed E-state index contributed by atoms with van der Waals surface area (Å²) in [6.45, 7) is 4.87. The maximum absolute atomic E-state index is 11.6. The first kappa shape index (κ1) is 22.6. The van der Waals surface area contributed by atoms with Crippen LogP contribution in [-0.4, -0.2) is 45.3 Å². The monoisotopic (exact) mass is 450 g/mol. The highest BCUT2D eigenvalue weighted by Crippen LogP contribution is 2.28. The zero-order chi connectivity index (χ0) is 23.4. The third kappa shape index (κ3) is 5.27. The van der Waals surface area contributed by atoms with Gasteiger partial charge in [-0.05, 0) is 56.9 Å². The Kier molecular flexibility index (Phi) is 6.53. The van der Waals surface area contributed by atoms with Crippen LogP contribution < -0.4 is 10.2 Å². The van der Waals surface area contributed by atoms with Crippen LogP contribution in [0.2, 0.25) is 0 Å². The van der Waals surface area contributed by atoms with Gasteiger partial charge in [-0.3, -0.25) is 9.78 Å². The first-order valence-corrected chi connectivity index (χ1v) is 11.3. The quantitative estimate of drug-likeness (QED) is 0.558. The second-order valence-corrected chi connectivity index (χ2v) is 8.98. The van der Waals surface area contributed by atoms with Crippen molar-refractivity contribution in [3.05, 3.63) is 65.9 Å². The van der Waals surface area contributed by atoms with Crippen LogP contribution in [0, 0.1) is 0 Å². The number of aliphatic hydroxyl groups is 1. The van der Waals surface area contributed by atoms with Crippen molar-refractivity contribution in [1.29, 1.82) is 0 Å². The first-order chi connectivity index (χ1) is 15.8. The van der Waals surface area contributed by atoms with Gasteiger partial charge in [0.25, 0.3) is 0 Å². The molecule has 2 aliphatic rings. The van der Waals surface area contributed by atoms with Crippen LogP contribution in [0.25, 0.3) is 0 Å². The number of carbonyl (C=O) groups is 1. The zero-order valence-electron chi connectivity index (χ0n) is 19.0. The number of hydrogen-bond acceptors (Lipinski definition) is 7. The van der Waals surface area contributed by atoms with E-state index in [1.807, 2.05) is 36.4 Å². The van der Waals surface area contributed by atoms with Gasteiger partial charge in [-0.25, -0.2) is 4.98 Å².